The summed E-state index contributed by atoms with van der Waals surface area (Å²) in [6, 6.07) is 1.55. The van der Waals surface area contributed by atoms with Crippen LogP contribution in [0.2, 0.25) is 0 Å². The summed E-state index contributed by atoms with van der Waals surface area (Å²) in [6.07, 6.45) is 2.07. The van der Waals surface area contributed by atoms with Crippen molar-refractivity contribution in [2.45, 2.75) is 17.7 Å². The summed E-state index contributed by atoms with van der Waals surface area (Å²) in [4.78, 5) is 12.9. The van der Waals surface area contributed by atoms with Crippen molar-refractivity contribution in [2.24, 2.45) is 5.92 Å². The van der Waals surface area contributed by atoms with Crippen LogP contribution in [-0.2, 0) is 10.0 Å². The highest BCUT2D eigenvalue weighted by molar-refractivity contribution is 7.99. The van der Waals surface area contributed by atoms with Gasteiger partial charge in [0.15, 0.2) is 0 Å². The number of nitrogens with zero attached hydrogens (tertiary/aromatic N) is 1. The molecule has 2 fully saturated rings. The van der Waals surface area contributed by atoms with E-state index < -0.39 is 10.0 Å². The van der Waals surface area contributed by atoms with E-state index in [1.54, 1.807) is 23.2 Å². The molecule has 0 spiro atoms. The molecular formula is C15H24ClN3O3S3. The Hall–Kier alpha value is -0.320. The fourth-order valence-corrected chi connectivity index (χ4v) is 6.92. The van der Waals surface area contributed by atoms with Gasteiger partial charge < -0.3 is 10.6 Å². The predicted octanol–water partition coefficient (Wildman–Crippen LogP) is 1.64. The SMILES string of the molecule is Cl.O=C(NCCC1CCNC1)c1sccc1S(=O)(=O)N1CCSCC1. The number of carbonyl (C=O) groups excluding carboxylic acids is 1. The van der Waals surface area contributed by atoms with E-state index in [1.807, 2.05) is 0 Å². The molecule has 1 aromatic rings. The molecule has 25 heavy (non-hydrogen) atoms. The van der Waals surface area contributed by atoms with Crippen molar-refractivity contribution in [3.05, 3.63) is 16.3 Å². The average molecular weight is 426 g/mol. The maximum Gasteiger partial charge on any atom is 0.262 e. The van der Waals surface area contributed by atoms with Crippen LogP contribution >= 0.6 is 35.5 Å². The van der Waals surface area contributed by atoms with E-state index in [1.165, 1.54) is 15.6 Å². The normalized spacial score (nSPS) is 21.7. The van der Waals surface area contributed by atoms with Gasteiger partial charge in [-0.1, -0.05) is 0 Å². The van der Waals surface area contributed by atoms with Crippen LogP contribution in [0, 0.1) is 5.92 Å². The molecule has 2 aliphatic heterocycles. The molecule has 1 unspecified atom stereocenters. The number of sulfonamides is 1. The number of thiophene rings is 1. The maximum absolute atomic E-state index is 12.8. The van der Waals surface area contributed by atoms with Crippen LogP contribution in [0.5, 0.6) is 0 Å². The van der Waals surface area contributed by atoms with Crippen molar-refractivity contribution in [3.8, 4) is 0 Å². The van der Waals surface area contributed by atoms with Gasteiger partial charge in [0.05, 0.1) is 0 Å². The van der Waals surface area contributed by atoms with E-state index in [2.05, 4.69) is 10.6 Å². The predicted molar refractivity (Wildman–Crippen MR) is 106 cm³/mol. The van der Waals surface area contributed by atoms with E-state index in [0.717, 1.165) is 37.4 Å². The summed E-state index contributed by atoms with van der Waals surface area (Å²) in [5, 5.41) is 7.87. The molecule has 10 heteroatoms. The van der Waals surface area contributed by atoms with Crippen molar-refractivity contribution < 1.29 is 13.2 Å². The lowest BCUT2D eigenvalue weighted by molar-refractivity contribution is 0.0952. The first-order valence-electron chi connectivity index (χ1n) is 8.23. The molecule has 1 amide bonds. The number of hydrogen-bond acceptors (Lipinski definition) is 6. The molecule has 2 saturated heterocycles. The summed E-state index contributed by atoms with van der Waals surface area (Å²) < 4.78 is 27.1. The van der Waals surface area contributed by atoms with Crippen LogP contribution in [0.25, 0.3) is 0 Å². The number of carbonyl (C=O) groups is 1. The molecule has 1 aromatic heterocycles. The van der Waals surface area contributed by atoms with Crippen LogP contribution in [0.1, 0.15) is 22.5 Å². The van der Waals surface area contributed by atoms with Crippen LogP contribution < -0.4 is 10.6 Å². The first kappa shape index (κ1) is 21.0. The first-order chi connectivity index (χ1) is 11.6. The summed E-state index contributed by atoms with van der Waals surface area (Å²) in [5.74, 6) is 1.93. The number of thioether (sulfide) groups is 1. The number of hydrogen-bond donors (Lipinski definition) is 2. The zero-order chi connectivity index (χ0) is 17.0. The molecule has 3 heterocycles. The largest absolute Gasteiger partial charge is 0.351 e. The third-order valence-electron chi connectivity index (χ3n) is 4.42. The van der Waals surface area contributed by atoms with Gasteiger partial charge in [-0.25, -0.2) is 8.42 Å². The minimum atomic E-state index is -3.58. The standard InChI is InChI=1S/C15H23N3O3S3.ClH/c19-15(17-5-2-12-1-4-16-11-12)14-13(3-8-23-14)24(20,21)18-6-9-22-10-7-18;/h3,8,12,16H,1-2,4-7,9-11H2,(H,17,19);1H. The van der Waals surface area contributed by atoms with Crippen molar-refractivity contribution in [2.75, 3.05) is 44.2 Å². The van der Waals surface area contributed by atoms with E-state index in [4.69, 9.17) is 0 Å². The Labute approximate surface area is 163 Å². The van der Waals surface area contributed by atoms with Crippen molar-refractivity contribution in [1.82, 2.24) is 14.9 Å². The number of nitrogens with one attached hydrogen (secondary N) is 2. The third kappa shape index (κ3) is 5.11. The smallest absolute Gasteiger partial charge is 0.262 e. The van der Waals surface area contributed by atoms with Gasteiger partial charge in [-0.05, 0) is 43.3 Å². The lowest BCUT2D eigenvalue weighted by Crippen LogP contribution is -2.38. The molecule has 0 aromatic carbocycles. The molecule has 2 aliphatic rings. The highest BCUT2D eigenvalue weighted by atomic mass is 35.5. The Morgan fingerprint density at radius 1 is 1.36 bits per heavy atom. The Kier molecular flexibility index (Phi) is 8.03. The van der Waals surface area contributed by atoms with Crippen molar-refractivity contribution >= 4 is 51.4 Å². The van der Waals surface area contributed by atoms with Crippen LogP contribution in [0.4, 0.5) is 0 Å². The molecule has 3 rings (SSSR count). The highest BCUT2D eigenvalue weighted by Crippen LogP contribution is 2.27. The van der Waals surface area contributed by atoms with Gasteiger partial charge in [0.2, 0.25) is 10.0 Å². The van der Waals surface area contributed by atoms with Crippen LogP contribution in [0.15, 0.2) is 16.3 Å². The average Bonchev–Trinajstić information content (AvgIpc) is 3.27. The number of halogens is 1. The second kappa shape index (κ2) is 9.57. The quantitative estimate of drug-likeness (QED) is 0.724. The van der Waals surface area contributed by atoms with Gasteiger partial charge >= 0.3 is 0 Å². The van der Waals surface area contributed by atoms with Gasteiger partial charge in [0.1, 0.15) is 9.77 Å². The Morgan fingerprint density at radius 3 is 2.80 bits per heavy atom. The molecular weight excluding hydrogens is 402 g/mol. The summed E-state index contributed by atoms with van der Waals surface area (Å²) >= 11 is 2.95. The Bertz CT molecular complexity index is 669. The summed E-state index contributed by atoms with van der Waals surface area (Å²) in [6.45, 7) is 3.65. The number of amides is 1. The van der Waals surface area contributed by atoms with Gasteiger partial charge in [0.25, 0.3) is 5.91 Å². The molecule has 2 N–H and O–H groups in total. The van der Waals surface area contributed by atoms with E-state index >= 15 is 0 Å². The van der Waals surface area contributed by atoms with Crippen molar-refractivity contribution in [3.63, 3.8) is 0 Å². The zero-order valence-electron chi connectivity index (χ0n) is 13.9. The monoisotopic (exact) mass is 425 g/mol. The first-order valence-corrected chi connectivity index (χ1v) is 11.7. The minimum Gasteiger partial charge on any atom is -0.351 e. The van der Waals surface area contributed by atoms with Gasteiger partial charge in [-0.2, -0.15) is 16.1 Å². The van der Waals surface area contributed by atoms with Crippen LogP contribution in [0.3, 0.4) is 0 Å². The van der Waals surface area contributed by atoms with E-state index in [0.29, 0.717) is 30.4 Å². The maximum atomic E-state index is 12.8. The Balaban J connectivity index is 0.00000225. The summed E-state index contributed by atoms with van der Waals surface area (Å²) in [5.41, 5.74) is 0. The minimum absolute atomic E-state index is 0. The van der Waals surface area contributed by atoms with Gasteiger partial charge in [-0.15, -0.1) is 23.7 Å². The highest BCUT2D eigenvalue weighted by Gasteiger charge is 2.31. The molecule has 1 atom stereocenters. The second-order valence-electron chi connectivity index (χ2n) is 6.03. The topological polar surface area (TPSA) is 78.5 Å². The molecule has 0 radical (unpaired) electrons. The molecule has 142 valence electrons. The van der Waals surface area contributed by atoms with E-state index in [-0.39, 0.29) is 23.2 Å². The fraction of sp³-hybridized carbons (Fsp3) is 0.667. The third-order valence-corrected chi connectivity index (χ3v) is 8.35. The lowest BCUT2D eigenvalue weighted by atomic mass is 10.1. The van der Waals surface area contributed by atoms with Crippen LogP contribution in [-0.4, -0.2) is 62.9 Å². The van der Waals surface area contributed by atoms with Gasteiger partial charge in [-0.3, -0.25) is 4.79 Å². The zero-order valence-corrected chi connectivity index (χ0v) is 17.2. The molecule has 0 aliphatic carbocycles. The molecule has 0 bridgehead atoms. The fourth-order valence-electron chi connectivity index (χ4n) is 3.02. The van der Waals surface area contributed by atoms with Gasteiger partial charge in [0, 0.05) is 31.1 Å². The number of rotatable bonds is 6. The molecule has 0 saturated carbocycles. The van der Waals surface area contributed by atoms with E-state index in [9.17, 15) is 13.2 Å². The lowest BCUT2D eigenvalue weighted by Gasteiger charge is -2.25. The second-order valence-corrected chi connectivity index (χ2v) is 10.1. The van der Waals surface area contributed by atoms with Crippen molar-refractivity contribution in [1.29, 1.82) is 0 Å². The molecule has 6 nitrogen and oxygen atoms in total. The Morgan fingerprint density at radius 2 is 2.12 bits per heavy atom. The summed E-state index contributed by atoms with van der Waals surface area (Å²) in [7, 11) is -3.58.